The van der Waals surface area contributed by atoms with E-state index in [-0.39, 0.29) is 23.1 Å². The Morgan fingerprint density at radius 2 is 1.80 bits per heavy atom. The van der Waals surface area contributed by atoms with E-state index in [1.54, 1.807) is 16.8 Å². The van der Waals surface area contributed by atoms with Gasteiger partial charge < -0.3 is 9.80 Å². The number of fused-ring (bicyclic) bond motifs is 1. The molecule has 2 atom stereocenters. The molecule has 1 aliphatic heterocycles. The summed E-state index contributed by atoms with van der Waals surface area (Å²) in [7, 11) is 1.45. The molecule has 1 aliphatic carbocycles. The normalized spacial score (nSPS) is 19.2. The number of alkyl halides is 3. The van der Waals surface area contributed by atoms with Gasteiger partial charge in [-0.2, -0.15) is 18.3 Å². The number of benzene rings is 1. The monoisotopic (exact) mass is 607 g/mol. The third-order valence-electron chi connectivity index (χ3n) is 9.16. The second-order valence-electron chi connectivity index (χ2n) is 12.1. The van der Waals surface area contributed by atoms with Crippen LogP contribution in [0.2, 0.25) is 0 Å². The summed E-state index contributed by atoms with van der Waals surface area (Å²) in [6, 6.07) is 5.63. The van der Waals surface area contributed by atoms with E-state index in [1.165, 1.54) is 32.3 Å². The van der Waals surface area contributed by atoms with Crippen LogP contribution >= 0.6 is 0 Å². The lowest BCUT2D eigenvalue weighted by molar-refractivity contribution is -0.141. The third kappa shape index (κ3) is 5.81. The number of halogens is 3. The van der Waals surface area contributed by atoms with Crippen molar-refractivity contribution in [2.24, 2.45) is 18.9 Å². The Morgan fingerprint density at radius 3 is 2.48 bits per heavy atom. The molecule has 0 N–H and O–H groups in total. The number of amides is 2. The summed E-state index contributed by atoms with van der Waals surface area (Å²) in [5.41, 5.74) is 2.63. The first-order chi connectivity index (χ1) is 21.0. The standard InChI is InChI=1S/C32H36F3N7O2/c1-20-5-4-6-23(20)17-28(43)40-11-13-41(14-12-40)31(44)24-8-7-22(15-21(24)2)16-26-30-37-18-27(42(30)10-9-36-26)25-19-39(3)38-29(25)32(33,34)35/h7-10,15,18-20,23H,4-6,11-14,16-17H2,1-3H3/t20-,23+/m1/s1. The first kappa shape index (κ1) is 29.8. The molecule has 12 heteroatoms. The van der Waals surface area contributed by atoms with Gasteiger partial charge in [0.25, 0.3) is 5.91 Å². The maximum atomic E-state index is 13.6. The number of carbonyl (C=O) groups excluding carboxylic acids is 2. The number of rotatable bonds is 6. The molecule has 0 unspecified atom stereocenters. The first-order valence-electron chi connectivity index (χ1n) is 15.1. The van der Waals surface area contributed by atoms with Crippen LogP contribution in [0.4, 0.5) is 13.2 Å². The van der Waals surface area contributed by atoms with E-state index in [9.17, 15) is 22.8 Å². The molecule has 1 saturated heterocycles. The average Bonchev–Trinajstić information content (AvgIpc) is 3.71. The van der Waals surface area contributed by atoms with Crippen molar-refractivity contribution in [3.05, 3.63) is 71.1 Å². The zero-order valence-electron chi connectivity index (χ0n) is 25.1. The smallest absolute Gasteiger partial charge is 0.339 e. The average molecular weight is 608 g/mol. The van der Waals surface area contributed by atoms with Crippen LogP contribution in [-0.2, 0) is 24.4 Å². The van der Waals surface area contributed by atoms with Crippen molar-refractivity contribution >= 4 is 17.5 Å². The van der Waals surface area contributed by atoms with Crippen LogP contribution in [-0.4, -0.2) is 71.9 Å². The summed E-state index contributed by atoms with van der Waals surface area (Å²) in [4.78, 5) is 38.9. The topological polar surface area (TPSA) is 88.6 Å². The van der Waals surface area contributed by atoms with Gasteiger partial charge in [0.2, 0.25) is 5.91 Å². The van der Waals surface area contributed by atoms with Gasteiger partial charge in [-0.05, 0) is 42.4 Å². The molecule has 44 heavy (non-hydrogen) atoms. The van der Waals surface area contributed by atoms with Crippen molar-refractivity contribution in [1.29, 1.82) is 0 Å². The first-order valence-corrected chi connectivity index (χ1v) is 15.1. The molecule has 3 aromatic heterocycles. The highest BCUT2D eigenvalue weighted by molar-refractivity contribution is 5.96. The zero-order valence-corrected chi connectivity index (χ0v) is 25.1. The van der Waals surface area contributed by atoms with Crippen LogP contribution in [0.1, 0.15) is 65.5 Å². The zero-order chi connectivity index (χ0) is 31.2. The summed E-state index contributed by atoms with van der Waals surface area (Å²) < 4.78 is 43.6. The molecule has 9 nitrogen and oxygen atoms in total. The minimum atomic E-state index is -4.61. The van der Waals surface area contributed by atoms with E-state index < -0.39 is 11.9 Å². The molecule has 2 amide bonds. The van der Waals surface area contributed by atoms with Crippen LogP contribution in [0.3, 0.4) is 0 Å². The van der Waals surface area contributed by atoms with Gasteiger partial charge in [0.05, 0.1) is 23.1 Å². The van der Waals surface area contributed by atoms with E-state index in [1.807, 2.05) is 34.9 Å². The Balaban J connectivity index is 1.13. The Kier molecular flexibility index (Phi) is 7.93. The van der Waals surface area contributed by atoms with Gasteiger partial charge in [-0.15, -0.1) is 0 Å². The molecule has 6 rings (SSSR count). The van der Waals surface area contributed by atoms with E-state index in [2.05, 4.69) is 22.0 Å². The van der Waals surface area contributed by atoms with Crippen LogP contribution in [0.5, 0.6) is 0 Å². The lowest BCUT2D eigenvalue weighted by Gasteiger charge is -2.35. The van der Waals surface area contributed by atoms with Gasteiger partial charge in [-0.3, -0.25) is 23.7 Å². The Bertz CT molecular complexity index is 1700. The SMILES string of the molecule is Cc1cc(Cc2nccn3c(-c4cn(C)nc4C(F)(F)F)cnc23)ccc1C(=O)N1CCN(C(=O)C[C@@H]2CCC[C@H]2C)CC1. The number of carbonyl (C=O) groups is 2. The van der Waals surface area contributed by atoms with E-state index in [0.29, 0.717) is 67.8 Å². The summed E-state index contributed by atoms with van der Waals surface area (Å²) >= 11 is 0. The molecule has 232 valence electrons. The van der Waals surface area contributed by atoms with Crippen molar-refractivity contribution in [2.75, 3.05) is 26.2 Å². The van der Waals surface area contributed by atoms with Crippen molar-refractivity contribution in [1.82, 2.24) is 33.9 Å². The van der Waals surface area contributed by atoms with Gasteiger partial charge >= 0.3 is 6.18 Å². The fourth-order valence-corrected chi connectivity index (χ4v) is 6.66. The van der Waals surface area contributed by atoms with E-state index in [4.69, 9.17) is 0 Å². The lowest BCUT2D eigenvalue weighted by Crippen LogP contribution is -2.51. The van der Waals surface area contributed by atoms with Crippen molar-refractivity contribution < 1.29 is 22.8 Å². The predicted octanol–water partition coefficient (Wildman–Crippen LogP) is 5.16. The molecular formula is C32H36F3N7O2. The van der Waals surface area contributed by atoms with Gasteiger partial charge in [0.1, 0.15) is 0 Å². The number of aryl methyl sites for hydroxylation is 2. The van der Waals surface area contributed by atoms with Gasteiger partial charge in [0, 0.05) is 70.2 Å². The molecule has 1 aromatic carbocycles. The van der Waals surface area contributed by atoms with Crippen LogP contribution in [0.15, 0.2) is 43.0 Å². The number of hydrogen-bond acceptors (Lipinski definition) is 5. The number of nitrogens with zero attached hydrogens (tertiary/aromatic N) is 7. The summed E-state index contributed by atoms with van der Waals surface area (Å²) in [6.45, 7) is 6.24. The fraction of sp³-hybridized carbons (Fsp3) is 0.469. The number of imidazole rings is 1. The molecule has 2 fully saturated rings. The second kappa shape index (κ2) is 11.7. The Morgan fingerprint density at radius 1 is 1.05 bits per heavy atom. The van der Waals surface area contributed by atoms with Crippen LogP contribution in [0, 0.1) is 18.8 Å². The van der Waals surface area contributed by atoms with Gasteiger partial charge in [-0.1, -0.05) is 31.9 Å². The van der Waals surface area contributed by atoms with Crippen molar-refractivity contribution in [2.45, 2.75) is 52.1 Å². The summed E-state index contributed by atoms with van der Waals surface area (Å²) in [5, 5.41) is 3.62. The number of aromatic nitrogens is 5. The molecule has 0 radical (unpaired) electrons. The maximum Gasteiger partial charge on any atom is 0.435 e. The van der Waals surface area contributed by atoms with E-state index >= 15 is 0 Å². The van der Waals surface area contributed by atoms with Gasteiger partial charge in [-0.25, -0.2) is 4.98 Å². The third-order valence-corrected chi connectivity index (χ3v) is 9.16. The molecule has 0 bridgehead atoms. The van der Waals surface area contributed by atoms with Crippen molar-refractivity contribution in [3.63, 3.8) is 0 Å². The quantitative estimate of drug-likeness (QED) is 0.302. The molecule has 4 heterocycles. The van der Waals surface area contributed by atoms with Crippen molar-refractivity contribution in [3.8, 4) is 11.3 Å². The maximum absolute atomic E-state index is 13.6. The largest absolute Gasteiger partial charge is 0.435 e. The van der Waals surface area contributed by atoms with Crippen LogP contribution < -0.4 is 0 Å². The summed E-state index contributed by atoms with van der Waals surface area (Å²) in [5.74, 6) is 1.22. The summed E-state index contributed by atoms with van der Waals surface area (Å²) in [6.07, 6.45) is 5.79. The number of hydrogen-bond donors (Lipinski definition) is 0. The molecule has 1 saturated carbocycles. The minimum Gasteiger partial charge on any atom is -0.339 e. The Labute approximate surface area is 253 Å². The van der Waals surface area contributed by atoms with Gasteiger partial charge in [0.15, 0.2) is 11.3 Å². The number of piperazine rings is 1. The predicted molar refractivity (Wildman–Crippen MR) is 158 cm³/mol. The van der Waals surface area contributed by atoms with Crippen LogP contribution in [0.25, 0.3) is 16.9 Å². The highest BCUT2D eigenvalue weighted by Crippen LogP contribution is 2.36. The Hall–Kier alpha value is -4.22. The molecular weight excluding hydrogens is 571 g/mol. The second-order valence-corrected chi connectivity index (χ2v) is 12.1. The van der Waals surface area contributed by atoms with E-state index in [0.717, 1.165) is 22.2 Å². The molecule has 2 aliphatic rings. The lowest BCUT2D eigenvalue weighted by atomic mass is 9.94. The highest BCUT2D eigenvalue weighted by Gasteiger charge is 2.38. The molecule has 4 aromatic rings. The minimum absolute atomic E-state index is 0.0550. The highest BCUT2D eigenvalue weighted by atomic mass is 19.4. The molecule has 0 spiro atoms. The fourth-order valence-electron chi connectivity index (χ4n) is 6.66.